The molecule has 3 rings (SSSR count). The van der Waals surface area contributed by atoms with Gasteiger partial charge in [0, 0.05) is 11.5 Å². The third-order valence-corrected chi connectivity index (χ3v) is 4.55. The second kappa shape index (κ2) is 9.54. The molecule has 0 unspecified atom stereocenters. The lowest BCUT2D eigenvalue weighted by Crippen LogP contribution is -2.46. The lowest BCUT2D eigenvalue weighted by atomic mass is 9.94. The molecule has 1 aliphatic rings. The number of hydrogen-bond donors (Lipinski definition) is 2. The van der Waals surface area contributed by atoms with E-state index in [4.69, 9.17) is 4.74 Å². The first-order chi connectivity index (χ1) is 14.0. The third-order valence-electron chi connectivity index (χ3n) is 4.55. The summed E-state index contributed by atoms with van der Waals surface area (Å²) in [5.41, 5.74) is 1.58. The van der Waals surface area contributed by atoms with E-state index in [9.17, 15) is 14.4 Å². The molecule has 0 heterocycles. The molecule has 29 heavy (non-hydrogen) atoms. The molecular formula is C23H23N2O4. The summed E-state index contributed by atoms with van der Waals surface area (Å²) in [7, 11) is 0. The van der Waals surface area contributed by atoms with Crippen LogP contribution in [-0.2, 0) is 14.3 Å². The van der Waals surface area contributed by atoms with E-state index in [0.29, 0.717) is 5.56 Å². The summed E-state index contributed by atoms with van der Waals surface area (Å²) in [5, 5.41) is 7.06. The molecule has 0 saturated heterocycles. The number of benzene rings is 2. The highest BCUT2D eigenvalue weighted by Crippen LogP contribution is 2.31. The first-order valence-electron chi connectivity index (χ1n) is 9.48. The molecule has 2 aromatic carbocycles. The minimum atomic E-state index is -0.785. The molecule has 2 N–H and O–H groups in total. The van der Waals surface area contributed by atoms with Crippen LogP contribution in [0.3, 0.4) is 0 Å². The molecule has 0 aromatic heterocycles. The van der Waals surface area contributed by atoms with Crippen LogP contribution < -0.4 is 10.6 Å². The average Bonchev–Trinajstić information content (AvgIpc) is 3.26. The Morgan fingerprint density at radius 2 is 1.69 bits per heavy atom. The molecule has 149 valence electrons. The molecule has 2 amide bonds. The fourth-order valence-corrected chi connectivity index (χ4v) is 3.00. The van der Waals surface area contributed by atoms with E-state index in [1.54, 1.807) is 26.0 Å². The Balaban J connectivity index is 1.61. The predicted molar refractivity (Wildman–Crippen MR) is 110 cm³/mol. The number of ether oxygens (including phenoxy) is 1. The van der Waals surface area contributed by atoms with Gasteiger partial charge in [-0.3, -0.25) is 14.4 Å². The van der Waals surface area contributed by atoms with Crippen LogP contribution in [0.25, 0.3) is 10.8 Å². The fourth-order valence-electron chi connectivity index (χ4n) is 3.00. The van der Waals surface area contributed by atoms with Gasteiger partial charge in [-0.15, -0.1) is 0 Å². The molecule has 1 atom stereocenters. The maximum Gasteiger partial charge on any atom is 0.325 e. The summed E-state index contributed by atoms with van der Waals surface area (Å²) >= 11 is 0. The number of carbonyl (C=O) groups is 3. The van der Waals surface area contributed by atoms with E-state index < -0.39 is 17.9 Å². The van der Waals surface area contributed by atoms with Gasteiger partial charge in [0.05, 0.1) is 6.61 Å². The summed E-state index contributed by atoms with van der Waals surface area (Å²) in [6.45, 7) is 3.27. The maximum absolute atomic E-state index is 12.5. The van der Waals surface area contributed by atoms with Crippen molar-refractivity contribution in [3.63, 3.8) is 0 Å². The van der Waals surface area contributed by atoms with Crippen LogP contribution in [0, 0.1) is 31.6 Å². The van der Waals surface area contributed by atoms with Gasteiger partial charge < -0.3 is 15.4 Å². The van der Waals surface area contributed by atoms with E-state index in [-0.39, 0.29) is 19.1 Å². The van der Waals surface area contributed by atoms with Gasteiger partial charge in [0.15, 0.2) is 0 Å². The second-order valence-corrected chi connectivity index (χ2v) is 6.67. The molecule has 1 fully saturated rings. The highest BCUT2D eigenvalue weighted by molar-refractivity contribution is 6.01. The SMILES string of the molecule is CCOC(=O)CNC(=O)[C@H](C)NC(=O)c1ccc2cc([C]3[CH][CH][CH][CH]3)ccc2c1. The summed E-state index contributed by atoms with van der Waals surface area (Å²) in [6.07, 6.45) is 8.10. The number of esters is 1. The maximum atomic E-state index is 12.5. The van der Waals surface area contributed by atoms with Gasteiger partial charge >= 0.3 is 5.97 Å². The van der Waals surface area contributed by atoms with Gasteiger partial charge in [-0.25, -0.2) is 0 Å². The highest BCUT2D eigenvalue weighted by atomic mass is 16.5. The molecule has 2 aromatic rings. The summed E-state index contributed by atoms with van der Waals surface area (Å²) in [6, 6.07) is 10.7. The predicted octanol–water partition coefficient (Wildman–Crippen LogP) is 2.39. The minimum Gasteiger partial charge on any atom is -0.465 e. The average molecular weight is 391 g/mol. The van der Waals surface area contributed by atoms with Gasteiger partial charge in [-0.05, 0) is 68.0 Å². The van der Waals surface area contributed by atoms with Crippen LogP contribution in [0.2, 0.25) is 0 Å². The Morgan fingerprint density at radius 3 is 2.41 bits per heavy atom. The summed E-state index contributed by atoms with van der Waals surface area (Å²) in [5.74, 6) is -0.177. The number of carbonyl (C=O) groups excluding carboxylic acids is 3. The van der Waals surface area contributed by atoms with Gasteiger partial charge in [-0.2, -0.15) is 0 Å². The topological polar surface area (TPSA) is 84.5 Å². The number of fused-ring (bicyclic) bond motifs is 1. The Morgan fingerprint density at radius 1 is 1.00 bits per heavy atom. The van der Waals surface area contributed by atoms with Crippen LogP contribution >= 0.6 is 0 Å². The molecule has 1 aliphatic carbocycles. The Hall–Kier alpha value is -2.89. The van der Waals surface area contributed by atoms with Crippen LogP contribution in [0.1, 0.15) is 29.8 Å². The van der Waals surface area contributed by atoms with E-state index in [1.165, 1.54) is 0 Å². The summed E-state index contributed by atoms with van der Waals surface area (Å²) in [4.78, 5) is 35.9. The van der Waals surface area contributed by atoms with Crippen molar-refractivity contribution in [2.24, 2.45) is 0 Å². The Bertz CT molecular complexity index is 903. The van der Waals surface area contributed by atoms with Gasteiger partial charge in [0.2, 0.25) is 5.91 Å². The third kappa shape index (κ3) is 5.34. The molecule has 0 spiro atoms. The van der Waals surface area contributed by atoms with Crippen molar-refractivity contribution in [3.05, 3.63) is 79.1 Å². The number of nitrogens with one attached hydrogen (secondary N) is 2. The Kier molecular flexibility index (Phi) is 6.86. The largest absolute Gasteiger partial charge is 0.465 e. The van der Waals surface area contributed by atoms with Crippen LogP contribution in [0.4, 0.5) is 0 Å². The fraction of sp³-hybridized carbons (Fsp3) is 0.217. The molecule has 5 radical (unpaired) electrons. The normalized spacial score (nSPS) is 15.1. The van der Waals surface area contributed by atoms with E-state index in [2.05, 4.69) is 29.5 Å². The van der Waals surface area contributed by atoms with Crippen LogP contribution in [0.15, 0.2) is 36.4 Å². The second-order valence-electron chi connectivity index (χ2n) is 6.67. The first-order valence-corrected chi connectivity index (χ1v) is 9.48. The van der Waals surface area contributed by atoms with Crippen molar-refractivity contribution in [1.82, 2.24) is 10.6 Å². The van der Waals surface area contributed by atoms with Crippen molar-refractivity contribution in [1.29, 1.82) is 0 Å². The molecular weight excluding hydrogens is 368 g/mol. The molecule has 6 nitrogen and oxygen atoms in total. The zero-order valence-electron chi connectivity index (χ0n) is 16.4. The first kappa shape index (κ1) is 20.8. The lowest BCUT2D eigenvalue weighted by Gasteiger charge is -2.14. The minimum absolute atomic E-state index is 0.228. The van der Waals surface area contributed by atoms with Crippen molar-refractivity contribution in [3.8, 4) is 0 Å². The molecule has 1 saturated carbocycles. The standard InChI is InChI=1S/C23H23N2O4/c1-3-29-21(26)14-24-22(27)15(2)25-23(28)20-11-10-18-12-17(8-9-19(18)13-20)16-6-4-5-7-16/h4-13,15H,3,14H2,1-2H3,(H,24,27)(H,25,28)/t15-/m0/s1. The van der Waals surface area contributed by atoms with E-state index in [0.717, 1.165) is 22.3 Å². The molecule has 6 heteroatoms. The van der Waals surface area contributed by atoms with Crippen molar-refractivity contribution in [2.45, 2.75) is 19.9 Å². The van der Waals surface area contributed by atoms with Gasteiger partial charge in [-0.1, -0.05) is 24.3 Å². The smallest absolute Gasteiger partial charge is 0.325 e. The summed E-state index contributed by atoms with van der Waals surface area (Å²) < 4.78 is 4.75. The van der Waals surface area contributed by atoms with E-state index in [1.807, 2.05) is 31.0 Å². The monoisotopic (exact) mass is 391 g/mol. The van der Waals surface area contributed by atoms with Gasteiger partial charge in [0.1, 0.15) is 12.6 Å². The van der Waals surface area contributed by atoms with Gasteiger partial charge in [0.25, 0.3) is 5.91 Å². The Labute approximate surface area is 171 Å². The molecule has 0 aliphatic heterocycles. The number of rotatable bonds is 7. The van der Waals surface area contributed by atoms with Crippen molar-refractivity contribution >= 4 is 28.6 Å². The van der Waals surface area contributed by atoms with Crippen LogP contribution in [-0.4, -0.2) is 37.0 Å². The zero-order chi connectivity index (χ0) is 20.8. The zero-order valence-corrected chi connectivity index (χ0v) is 16.4. The van der Waals surface area contributed by atoms with E-state index >= 15 is 0 Å². The van der Waals surface area contributed by atoms with Crippen LogP contribution in [0.5, 0.6) is 0 Å². The number of amides is 2. The quantitative estimate of drug-likeness (QED) is 0.710. The van der Waals surface area contributed by atoms with Crippen molar-refractivity contribution < 1.29 is 19.1 Å². The highest BCUT2D eigenvalue weighted by Gasteiger charge is 2.20. The number of hydrogen-bond acceptors (Lipinski definition) is 4. The van der Waals surface area contributed by atoms with Crippen molar-refractivity contribution in [2.75, 3.05) is 13.2 Å². The molecule has 0 bridgehead atoms. The lowest BCUT2D eigenvalue weighted by molar-refractivity contribution is -0.143.